The van der Waals surface area contributed by atoms with Crippen LogP contribution in [0.5, 0.6) is 5.88 Å². The number of fused-ring (bicyclic) bond motifs is 1. The number of nitrogen functional groups attached to an aromatic ring is 1. The van der Waals surface area contributed by atoms with Gasteiger partial charge in [-0.1, -0.05) is 0 Å². The Morgan fingerprint density at radius 2 is 1.91 bits per heavy atom. The van der Waals surface area contributed by atoms with Crippen LogP contribution in [0.25, 0.3) is 22.3 Å². The van der Waals surface area contributed by atoms with Gasteiger partial charge in [-0.15, -0.1) is 0 Å². The van der Waals surface area contributed by atoms with Crippen LogP contribution in [-0.4, -0.2) is 29.8 Å². The van der Waals surface area contributed by atoms with Gasteiger partial charge in [0.15, 0.2) is 5.65 Å². The monoisotopic (exact) mass is 298 g/mol. The summed E-state index contributed by atoms with van der Waals surface area (Å²) < 4.78 is 1.83. The second-order valence-electron chi connectivity index (χ2n) is 6.25. The molecule has 0 aliphatic carbocycles. The predicted molar refractivity (Wildman–Crippen MR) is 84.4 cm³/mol. The van der Waals surface area contributed by atoms with Crippen LogP contribution in [0.3, 0.4) is 0 Å². The van der Waals surface area contributed by atoms with Gasteiger partial charge in [0.25, 0.3) is 0 Å². The van der Waals surface area contributed by atoms with Crippen LogP contribution in [0.4, 0.5) is 5.82 Å². The van der Waals surface area contributed by atoms with E-state index >= 15 is 0 Å². The van der Waals surface area contributed by atoms with Crippen molar-refractivity contribution >= 4 is 16.9 Å². The molecule has 0 saturated carbocycles. The first-order valence-electron chi connectivity index (χ1n) is 6.94. The SMILES string of the molecule is Cc1cc(-c2nn(C(C)(C)C)c3ncnc(N)c23)cnc1O. The number of pyridine rings is 1. The third kappa shape index (κ3) is 2.14. The van der Waals surface area contributed by atoms with Crippen molar-refractivity contribution in [3.8, 4) is 17.1 Å². The van der Waals surface area contributed by atoms with Gasteiger partial charge in [0.2, 0.25) is 5.88 Å². The van der Waals surface area contributed by atoms with E-state index in [4.69, 9.17) is 5.73 Å². The molecule has 0 amide bonds. The number of aryl methyl sites for hydroxylation is 1. The molecule has 22 heavy (non-hydrogen) atoms. The van der Waals surface area contributed by atoms with Crippen molar-refractivity contribution in [2.24, 2.45) is 0 Å². The topological polar surface area (TPSA) is 103 Å². The van der Waals surface area contributed by atoms with Crippen molar-refractivity contribution in [3.63, 3.8) is 0 Å². The molecule has 0 unspecified atom stereocenters. The maximum absolute atomic E-state index is 9.61. The van der Waals surface area contributed by atoms with E-state index in [2.05, 4.69) is 20.1 Å². The Bertz CT molecular complexity index is 862. The molecule has 0 aromatic carbocycles. The maximum atomic E-state index is 9.61. The Kier molecular flexibility index (Phi) is 3.01. The van der Waals surface area contributed by atoms with Gasteiger partial charge < -0.3 is 10.8 Å². The number of hydrogen-bond acceptors (Lipinski definition) is 6. The summed E-state index contributed by atoms with van der Waals surface area (Å²) in [5.41, 5.74) is 8.58. The minimum Gasteiger partial charge on any atom is -0.493 e. The zero-order chi connectivity index (χ0) is 16.1. The van der Waals surface area contributed by atoms with Gasteiger partial charge in [0, 0.05) is 17.3 Å². The van der Waals surface area contributed by atoms with Gasteiger partial charge in [-0.25, -0.2) is 19.6 Å². The number of aromatic nitrogens is 5. The van der Waals surface area contributed by atoms with Gasteiger partial charge >= 0.3 is 0 Å². The lowest BCUT2D eigenvalue weighted by molar-refractivity contribution is 0.366. The number of nitrogens with two attached hydrogens (primary N) is 1. The molecule has 0 fully saturated rings. The number of rotatable bonds is 1. The molecule has 0 spiro atoms. The molecule has 7 heteroatoms. The summed E-state index contributed by atoms with van der Waals surface area (Å²) in [7, 11) is 0. The molecule has 7 nitrogen and oxygen atoms in total. The Morgan fingerprint density at radius 1 is 1.18 bits per heavy atom. The maximum Gasteiger partial charge on any atom is 0.213 e. The van der Waals surface area contributed by atoms with E-state index in [0.717, 1.165) is 5.56 Å². The van der Waals surface area contributed by atoms with Gasteiger partial charge in [0.05, 0.1) is 10.9 Å². The van der Waals surface area contributed by atoms with Crippen LogP contribution in [0.1, 0.15) is 26.3 Å². The first kappa shape index (κ1) is 14.2. The lowest BCUT2D eigenvalue weighted by Gasteiger charge is -2.19. The summed E-state index contributed by atoms with van der Waals surface area (Å²) in [6.45, 7) is 7.92. The fourth-order valence-corrected chi connectivity index (χ4v) is 2.34. The predicted octanol–water partition coefficient (Wildman–Crippen LogP) is 2.24. The molecular weight excluding hydrogens is 280 g/mol. The lowest BCUT2D eigenvalue weighted by Crippen LogP contribution is -2.23. The van der Waals surface area contributed by atoms with Crippen molar-refractivity contribution in [1.82, 2.24) is 24.7 Å². The Morgan fingerprint density at radius 3 is 2.55 bits per heavy atom. The molecule has 114 valence electrons. The van der Waals surface area contributed by atoms with E-state index < -0.39 is 0 Å². The van der Waals surface area contributed by atoms with E-state index in [-0.39, 0.29) is 11.4 Å². The van der Waals surface area contributed by atoms with Crippen molar-refractivity contribution in [2.45, 2.75) is 33.2 Å². The highest BCUT2D eigenvalue weighted by atomic mass is 16.3. The fraction of sp³-hybridized carbons (Fsp3) is 0.333. The molecular formula is C15H18N6O. The molecule has 3 aromatic heterocycles. The van der Waals surface area contributed by atoms with E-state index in [1.807, 2.05) is 31.5 Å². The summed E-state index contributed by atoms with van der Waals surface area (Å²) >= 11 is 0. The second-order valence-corrected chi connectivity index (χ2v) is 6.25. The van der Waals surface area contributed by atoms with E-state index in [1.54, 1.807) is 13.1 Å². The van der Waals surface area contributed by atoms with E-state index in [9.17, 15) is 5.11 Å². The first-order valence-corrected chi connectivity index (χ1v) is 6.94. The van der Waals surface area contributed by atoms with Crippen molar-refractivity contribution in [2.75, 3.05) is 5.73 Å². The molecule has 0 saturated heterocycles. The summed E-state index contributed by atoms with van der Waals surface area (Å²) in [6.07, 6.45) is 3.01. The second kappa shape index (κ2) is 4.66. The number of nitrogens with zero attached hydrogens (tertiary/aromatic N) is 5. The fourth-order valence-electron chi connectivity index (χ4n) is 2.34. The largest absolute Gasteiger partial charge is 0.493 e. The summed E-state index contributed by atoms with van der Waals surface area (Å²) in [4.78, 5) is 12.4. The summed E-state index contributed by atoms with van der Waals surface area (Å²) in [5, 5.41) is 15.0. The van der Waals surface area contributed by atoms with Crippen LogP contribution >= 0.6 is 0 Å². The third-order valence-electron chi connectivity index (χ3n) is 3.45. The highest BCUT2D eigenvalue weighted by Gasteiger charge is 2.24. The Hall–Kier alpha value is -2.70. The highest BCUT2D eigenvalue weighted by molar-refractivity contribution is 5.98. The standard InChI is InChI=1S/C15H18N6O/c1-8-5-9(6-17-14(8)22)11-10-12(16)18-7-19-13(10)21(20-11)15(2,3)4/h5-7H,1-4H3,(H,17,22)(H2,16,18,19). The number of anilines is 1. The highest BCUT2D eigenvalue weighted by Crippen LogP contribution is 2.33. The molecule has 0 aliphatic rings. The van der Waals surface area contributed by atoms with Gasteiger partial charge in [0.1, 0.15) is 17.8 Å². The van der Waals surface area contributed by atoms with Crippen LogP contribution in [0, 0.1) is 6.92 Å². The van der Waals surface area contributed by atoms with Crippen LogP contribution < -0.4 is 5.73 Å². The minimum absolute atomic E-state index is 0.00697. The number of hydrogen-bond donors (Lipinski definition) is 2. The molecule has 0 atom stereocenters. The summed E-state index contributed by atoms with van der Waals surface area (Å²) in [5.74, 6) is 0.383. The number of aromatic hydroxyl groups is 1. The zero-order valence-electron chi connectivity index (χ0n) is 13.0. The van der Waals surface area contributed by atoms with Crippen LogP contribution in [0.2, 0.25) is 0 Å². The van der Waals surface area contributed by atoms with Gasteiger partial charge in [-0.05, 0) is 33.8 Å². The van der Waals surface area contributed by atoms with Gasteiger partial charge in [-0.2, -0.15) is 5.10 Å². The molecule has 0 radical (unpaired) electrons. The summed E-state index contributed by atoms with van der Waals surface area (Å²) in [6, 6.07) is 1.82. The molecule has 3 heterocycles. The quantitative estimate of drug-likeness (QED) is 0.714. The Labute approximate surface area is 127 Å². The minimum atomic E-state index is -0.253. The third-order valence-corrected chi connectivity index (χ3v) is 3.45. The molecule has 3 rings (SSSR count). The lowest BCUT2D eigenvalue weighted by atomic mass is 10.1. The van der Waals surface area contributed by atoms with Crippen molar-refractivity contribution in [1.29, 1.82) is 0 Å². The normalized spacial score (nSPS) is 12.0. The molecule has 3 N–H and O–H groups in total. The molecule has 0 bridgehead atoms. The zero-order valence-corrected chi connectivity index (χ0v) is 13.0. The molecule has 3 aromatic rings. The van der Waals surface area contributed by atoms with Crippen molar-refractivity contribution < 1.29 is 5.11 Å². The average molecular weight is 298 g/mol. The van der Waals surface area contributed by atoms with Crippen LogP contribution in [-0.2, 0) is 5.54 Å². The smallest absolute Gasteiger partial charge is 0.213 e. The van der Waals surface area contributed by atoms with Crippen molar-refractivity contribution in [3.05, 3.63) is 24.2 Å². The average Bonchev–Trinajstić information content (AvgIpc) is 2.83. The van der Waals surface area contributed by atoms with Gasteiger partial charge in [-0.3, -0.25) is 0 Å². The van der Waals surface area contributed by atoms with E-state index in [1.165, 1.54) is 6.33 Å². The Balaban J connectivity index is 2.36. The molecule has 0 aliphatic heterocycles. The first-order chi connectivity index (χ1) is 10.3. The van der Waals surface area contributed by atoms with E-state index in [0.29, 0.717) is 28.1 Å². The van der Waals surface area contributed by atoms with Crippen LogP contribution in [0.15, 0.2) is 18.6 Å².